The van der Waals surface area contributed by atoms with Crippen molar-refractivity contribution in [1.82, 2.24) is 4.57 Å². The third-order valence-electron chi connectivity index (χ3n) is 7.22. The molecule has 2 N–H and O–H groups in total. The molecule has 0 aliphatic rings. The highest BCUT2D eigenvalue weighted by atomic mass is 16.4. The minimum absolute atomic E-state index is 0.506. The van der Waals surface area contributed by atoms with Gasteiger partial charge in [0, 0.05) is 16.2 Å². The molecule has 7 aromatic rings. The molecule has 0 bridgehead atoms. The van der Waals surface area contributed by atoms with Gasteiger partial charge in [-0.1, -0.05) is 97.1 Å². The molecule has 0 spiro atoms. The van der Waals surface area contributed by atoms with E-state index in [1.165, 1.54) is 32.7 Å². The summed E-state index contributed by atoms with van der Waals surface area (Å²) in [5.41, 5.74) is 6.12. The molecule has 4 heteroatoms. The van der Waals surface area contributed by atoms with Gasteiger partial charge >= 0.3 is 7.12 Å². The zero-order chi connectivity index (χ0) is 24.2. The second kappa shape index (κ2) is 8.09. The van der Waals surface area contributed by atoms with Crippen LogP contribution < -0.4 is 5.46 Å². The molecule has 36 heavy (non-hydrogen) atoms. The normalized spacial score (nSPS) is 11.6. The molecule has 1 aromatic heterocycles. The predicted molar refractivity (Wildman–Crippen MR) is 151 cm³/mol. The molecule has 0 saturated heterocycles. The molecule has 3 nitrogen and oxygen atoms in total. The van der Waals surface area contributed by atoms with E-state index >= 15 is 0 Å². The number of nitrogens with zero attached hydrogens (tertiary/aromatic N) is 1. The van der Waals surface area contributed by atoms with Crippen LogP contribution in [0.25, 0.3) is 60.2 Å². The number of aromatic nitrogens is 1. The first kappa shape index (κ1) is 21.0. The van der Waals surface area contributed by atoms with Crippen molar-refractivity contribution in [2.45, 2.75) is 0 Å². The maximum absolute atomic E-state index is 9.99. The summed E-state index contributed by atoms with van der Waals surface area (Å²) in [7, 11) is -1.53. The number of hydrogen-bond donors (Lipinski definition) is 2. The standard InChI is InChI=1S/C32H22BNO2/c35-33(36)28-16-19-29(26-13-7-6-12-25(26)28)34-30-17-15-23(21-8-2-1-3-9-21)20-27(30)32-24-11-5-4-10-22(24)14-18-31(32)34/h1-20,35-36H. The molecule has 0 radical (unpaired) electrons. The molecule has 6 aromatic carbocycles. The van der Waals surface area contributed by atoms with Crippen molar-refractivity contribution in [3.05, 3.63) is 121 Å². The summed E-state index contributed by atoms with van der Waals surface area (Å²) in [6.07, 6.45) is 0. The Hall–Kier alpha value is -4.38. The Morgan fingerprint density at radius 3 is 2.00 bits per heavy atom. The van der Waals surface area contributed by atoms with Crippen LogP contribution in [0.15, 0.2) is 121 Å². The van der Waals surface area contributed by atoms with Crippen LogP contribution in [0.3, 0.4) is 0 Å². The molecule has 0 amide bonds. The van der Waals surface area contributed by atoms with E-state index in [4.69, 9.17) is 0 Å². The fraction of sp³-hybridized carbons (Fsp3) is 0. The van der Waals surface area contributed by atoms with Crippen molar-refractivity contribution in [2.24, 2.45) is 0 Å². The van der Waals surface area contributed by atoms with E-state index in [1.807, 2.05) is 42.5 Å². The predicted octanol–water partition coefficient (Wildman–Crippen LogP) is 6.44. The van der Waals surface area contributed by atoms with Crippen LogP contribution >= 0.6 is 0 Å². The van der Waals surface area contributed by atoms with Gasteiger partial charge in [-0.2, -0.15) is 0 Å². The highest BCUT2D eigenvalue weighted by Crippen LogP contribution is 2.39. The molecule has 170 valence electrons. The minimum atomic E-state index is -1.53. The zero-order valence-corrected chi connectivity index (χ0v) is 19.5. The van der Waals surface area contributed by atoms with Gasteiger partial charge in [0.2, 0.25) is 0 Å². The minimum Gasteiger partial charge on any atom is -0.423 e. The first-order chi connectivity index (χ1) is 17.7. The summed E-state index contributed by atoms with van der Waals surface area (Å²) in [6, 6.07) is 41.8. The maximum Gasteiger partial charge on any atom is 0.489 e. The van der Waals surface area contributed by atoms with Crippen LogP contribution in [-0.4, -0.2) is 21.7 Å². The van der Waals surface area contributed by atoms with Gasteiger partial charge in [0.15, 0.2) is 0 Å². The maximum atomic E-state index is 9.99. The Kier molecular flexibility index (Phi) is 4.71. The Labute approximate surface area is 208 Å². The van der Waals surface area contributed by atoms with Crippen molar-refractivity contribution in [2.75, 3.05) is 0 Å². The topological polar surface area (TPSA) is 45.4 Å². The Morgan fingerprint density at radius 2 is 1.19 bits per heavy atom. The van der Waals surface area contributed by atoms with Crippen LogP contribution in [0.4, 0.5) is 0 Å². The van der Waals surface area contributed by atoms with Crippen molar-refractivity contribution >= 4 is 55.9 Å². The van der Waals surface area contributed by atoms with Gasteiger partial charge in [-0.05, 0) is 57.0 Å². The van der Waals surface area contributed by atoms with Crippen molar-refractivity contribution in [3.63, 3.8) is 0 Å². The van der Waals surface area contributed by atoms with Gasteiger partial charge in [-0.3, -0.25) is 0 Å². The number of fused-ring (bicyclic) bond motifs is 6. The third kappa shape index (κ3) is 3.09. The van der Waals surface area contributed by atoms with Gasteiger partial charge in [-0.15, -0.1) is 0 Å². The third-order valence-corrected chi connectivity index (χ3v) is 7.22. The lowest BCUT2D eigenvalue weighted by molar-refractivity contribution is 0.426. The van der Waals surface area contributed by atoms with Gasteiger partial charge in [0.05, 0.1) is 16.7 Å². The summed E-state index contributed by atoms with van der Waals surface area (Å²) in [5, 5.41) is 26.6. The Balaban J connectivity index is 1.64. The van der Waals surface area contributed by atoms with E-state index in [0.29, 0.717) is 5.46 Å². The lowest BCUT2D eigenvalue weighted by Crippen LogP contribution is -2.30. The quantitative estimate of drug-likeness (QED) is 0.297. The van der Waals surface area contributed by atoms with E-state index in [-0.39, 0.29) is 0 Å². The summed E-state index contributed by atoms with van der Waals surface area (Å²) in [5.74, 6) is 0. The molecule has 0 unspecified atom stereocenters. The van der Waals surface area contributed by atoms with Crippen molar-refractivity contribution in [1.29, 1.82) is 0 Å². The van der Waals surface area contributed by atoms with E-state index < -0.39 is 7.12 Å². The highest BCUT2D eigenvalue weighted by Gasteiger charge is 2.20. The van der Waals surface area contributed by atoms with Crippen LogP contribution in [0.1, 0.15) is 0 Å². The van der Waals surface area contributed by atoms with Crippen LogP contribution in [0, 0.1) is 0 Å². The first-order valence-electron chi connectivity index (χ1n) is 12.1. The lowest BCUT2D eigenvalue weighted by atomic mass is 9.77. The van der Waals surface area contributed by atoms with Gasteiger partial charge in [-0.25, -0.2) is 0 Å². The van der Waals surface area contributed by atoms with Gasteiger partial charge < -0.3 is 14.6 Å². The summed E-state index contributed by atoms with van der Waals surface area (Å²) < 4.78 is 2.31. The zero-order valence-electron chi connectivity index (χ0n) is 19.5. The Bertz CT molecular complexity index is 1920. The SMILES string of the molecule is OB(O)c1ccc(-n2c3ccc(-c4ccccc4)cc3c3c4ccccc4ccc32)c2ccccc12. The average molecular weight is 463 g/mol. The van der Waals surface area contributed by atoms with Crippen LogP contribution in [0.5, 0.6) is 0 Å². The van der Waals surface area contributed by atoms with Crippen LogP contribution in [-0.2, 0) is 0 Å². The first-order valence-corrected chi connectivity index (χ1v) is 12.1. The van der Waals surface area contributed by atoms with Crippen molar-refractivity contribution in [3.8, 4) is 16.8 Å². The number of rotatable bonds is 3. The van der Waals surface area contributed by atoms with Crippen LogP contribution in [0.2, 0.25) is 0 Å². The number of hydrogen-bond acceptors (Lipinski definition) is 2. The summed E-state index contributed by atoms with van der Waals surface area (Å²) in [6.45, 7) is 0. The smallest absolute Gasteiger partial charge is 0.423 e. The van der Waals surface area contributed by atoms with E-state index in [1.54, 1.807) is 0 Å². The molecule has 0 atom stereocenters. The summed E-state index contributed by atoms with van der Waals surface area (Å²) in [4.78, 5) is 0. The molecule has 7 rings (SSSR count). The largest absolute Gasteiger partial charge is 0.489 e. The molecule has 0 fully saturated rings. The summed E-state index contributed by atoms with van der Waals surface area (Å²) >= 11 is 0. The van der Waals surface area contributed by atoms with Gasteiger partial charge in [0.1, 0.15) is 0 Å². The second-order valence-corrected chi connectivity index (χ2v) is 9.21. The highest BCUT2D eigenvalue weighted by molar-refractivity contribution is 6.62. The Morgan fingerprint density at radius 1 is 0.500 bits per heavy atom. The van der Waals surface area contributed by atoms with Crippen molar-refractivity contribution < 1.29 is 10.0 Å². The monoisotopic (exact) mass is 463 g/mol. The van der Waals surface area contributed by atoms with E-state index in [9.17, 15) is 10.0 Å². The molecule has 0 aliphatic carbocycles. The average Bonchev–Trinajstić information content (AvgIpc) is 3.26. The molecule has 0 aliphatic heterocycles. The second-order valence-electron chi connectivity index (χ2n) is 9.21. The fourth-order valence-electron chi connectivity index (χ4n) is 5.59. The van der Waals surface area contributed by atoms with E-state index in [0.717, 1.165) is 27.5 Å². The molecule has 1 heterocycles. The fourth-order valence-corrected chi connectivity index (χ4v) is 5.59. The molecular formula is C32H22BNO2. The van der Waals surface area contributed by atoms with Gasteiger partial charge in [0.25, 0.3) is 0 Å². The molecular weight excluding hydrogens is 441 g/mol. The molecule has 0 saturated carbocycles. The lowest BCUT2D eigenvalue weighted by Gasteiger charge is -2.14. The number of benzene rings is 6. The van der Waals surface area contributed by atoms with E-state index in [2.05, 4.69) is 83.4 Å².